The fraction of sp³-hybridized carbons (Fsp3) is 0.316. The number of carbonyl (C=O) groups excluding carboxylic acids is 1. The van der Waals surface area contributed by atoms with Crippen LogP contribution in [0.1, 0.15) is 28.8 Å². The first kappa shape index (κ1) is 18.1. The van der Waals surface area contributed by atoms with Crippen LogP contribution in [-0.4, -0.2) is 25.3 Å². The summed E-state index contributed by atoms with van der Waals surface area (Å²) in [4.78, 5) is 12.0. The minimum atomic E-state index is -0.346. The summed E-state index contributed by atoms with van der Waals surface area (Å²) in [5.41, 5.74) is 1.41. The summed E-state index contributed by atoms with van der Waals surface area (Å²) in [7, 11) is 0. The van der Waals surface area contributed by atoms with Crippen LogP contribution >= 0.6 is 23.2 Å². The highest BCUT2D eigenvalue weighted by atomic mass is 35.5. The Morgan fingerprint density at radius 1 is 1.16 bits per heavy atom. The van der Waals surface area contributed by atoms with Crippen molar-refractivity contribution in [2.75, 3.05) is 13.2 Å². The fourth-order valence-electron chi connectivity index (χ4n) is 2.51. The third-order valence-corrected chi connectivity index (χ3v) is 4.45. The Morgan fingerprint density at radius 2 is 1.96 bits per heavy atom. The monoisotopic (exact) mass is 380 g/mol. The molecule has 4 nitrogen and oxygen atoms in total. The van der Waals surface area contributed by atoms with Gasteiger partial charge in [-0.1, -0.05) is 35.3 Å². The first-order chi connectivity index (χ1) is 12.1. The molecule has 1 aliphatic heterocycles. The average molecular weight is 381 g/mol. The summed E-state index contributed by atoms with van der Waals surface area (Å²) in [5.74, 6) is 0.176. The Balaban J connectivity index is 1.52. The summed E-state index contributed by atoms with van der Waals surface area (Å²) in [6.45, 7) is 1.37. The normalized spacial score (nSPS) is 16.6. The minimum absolute atomic E-state index is 0.0269. The zero-order valence-corrected chi connectivity index (χ0v) is 15.1. The van der Waals surface area contributed by atoms with Crippen LogP contribution in [-0.2, 0) is 16.1 Å². The van der Waals surface area contributed by atoms with Crippen molar-refractivity contribution in [3.05, 3.63) is 63.6 Å². The molecule has 1 fully saturated rings. The number of carbonyl (C=O) groups is 1. The van der Waals surface area contributed by atoms with E-state index in [-0.39, 0.29) is 12.1 Å². The van der Waals surface area contributed by atoms with Crippen molar-refractivity contribution in [1.82, 2.24) is 0 Å². The predicted molar refractivity (Wildman–Crippen MR) is 96.5 cm³/mol. The van der Waals surface area contributed by atoms with Gasteiger partial charge in [-0.3, -0.25) is 0 Å². The first-order valence-electron chi connectivity index (χ1n) is 8.07. The van der Waals surface area contributed by atoms with E-state index in [4.69, 9.17) is 37.4 Å². The lowest BCUT2D eigenvalue weighted by molar-refractivity contribution is 0.0161. The molecule has 0 amide bonds. The molecular formula is C19H18Cl2O4. The van der Waals surface area contributed by atoms with Crippen molar-refractivity contribution in [1.29, 1.82) is 0 Å². The van der Waals surface area contributed by atoms with Gasteiger partial charge in [-0.05, 0) is 42.7 Å². The summed E-state index contributed by atoms with van der Waals surface area (Å²) in [6.07, 6.45) is 1.99. The summed E-state index contributed by atoms with van der Waals surface area (Å²) < 4.78 is 16.4. The third kappa shape index (κ3) is 5.11. The number of esters is 1. The molecule has 132 valence electrons. The van der Waals surface area contributed by atoms with Crippen LogP contribution in [0, 0.1) is 0 Å². The van der Waals surface area contributed by atoms with Gasteiger partial charge in [0.2, 0.25) is 0 Å². The highest BCUT2D eigenvalue weighted by Gasteiger charge is 2.18. The number of rotatable bonds is 6. The maximum Gasteiger partial charge on any atom is 0.338 e. The van der Waals surface area contributed by atoms with Gasteiger partial charge in [-0.25, -0.2) is 4.79 Å². The predicted octanol–water partition coefficient (Wildman–Crippen LogP) is 4.91. The first-order valence-corrected chi connectivity index (χ1v) is 8.83. The second-order valence-electron chi connectivity index (χ2n) is 5.79. The average Bonchev–Trinajstić information content (AvgIpc) is 3.14. The second-order valence-corrected chi connectivity index (χ2v) is 6.64. The van der Waals surface area contributed by atoms with Crippen LogP contribution in [0.5, 0.6) is 5.75 Å². The van der Waals surface area contributed by atoms with Crippen molar-refractivity contribution < 1.29 is 19.0 Å². The van der Waals surface area contributed by atoms with E-state index < -0.39 is 0 Å². The van der Waals surface area contributed by atoms with Gasteiger partial charge in [0.15, 0.2) is 0 Å². The lowest BCUT2D eigenvalue weighted by Gasteiger charge is -2.11. The van der Waals surface area contributed by atoms with Gasteiger partial charge < -0.3 is 14.2 Å². The smallest absolute Gasteiger partial charge is 0.338 e. The minimum Gasteiger partial charge on any atom is -0.487 e. The van der Waals surface area contributed by atoms with Gasteiger partial charge in [-0.2, -0.15) is 0 Å². The zero-order valence-electron chi connectivity index (χ0n) is 13.5. The standard InChI is InChI=1S/C19H18Cl2O4/c20-15-7-8-17(21)18(10-15)24-11-13-3-5-14(6-4-13)19(22)25-12-16-2-1-9-23-16/h3-8,10,16H,1-2,9,11-12H2. The fourth-order valence-corrected chi connectivity index (χ4v) is 2.85. The van der Waals surface area contributed by atoms with E-state index in [2.05, 4.69) is 0 Å². The van der Waals surface area contributed by atoms with Gasteiger partial charge in [-0.15, -0.1) is 0 Å². The Hall–Kier alpha value is -1.75. The lowest BCUT2D eigenvalue weighted by Crippen LogP contribution is -2.17. The van der Waals surface area contributed by atoms with Crippen LogP contribution in [0.4, 0.5) is 0 Å². The van der Waals surface area contributed by atoms with Gasteiger partial charge >= 0.3 is 5.97 Å². The molecule has 1 atom stereocenters. The van der Waals surface area contributed by atoms with Crippen LogP contribution in [0.15, 0.2) is 42.5 Å². The molecule has 0 aromatic heterocycles. The topological polar surface area (TPSA) is 44.8 Å². The third-order valence-electron chi connectivity index (χ3n) is 3.90. The van der Waals surface area contributed by atoms with E-state index in [1.54, 1.807) is 30.3 Å². The number of benzene rings is 2. The molecule has 25 heavy (non-hydrogen) atoms. The number of halogens is 2. The van der Waals surface area contributed by atoms with Crippen LogP contribution in [0.2, 0.25) is 10.0 Å². The largest absolute Gasteiger partial charge is 0.487 e. The summed E-state index contributed by atoms with van der Waals surface area (Å²) in [5, 5.41) is 1.06. The van der Waals surface area contributed by atoms with E-state index in [9.17, 15) is 4.79 Å². The Bertz CT molecular complexity index is 725. The van der Waals surface area contributed by atoms with Crippen LogP contribution in [0.3, 0.4) is 0 Å². The lowest BCUT2D eigenvalue weighted by atomic mass is 10.1. The Morgan fingerprint density at radius 3 is 2.68 bits per heavy atom. The highest BCUT2D eigenvalue weighted by molar-refractivity contribution is 6.34. The quantitative estimate of drug-likeness (QED) is 0.667. The van der Waals surface area contributed by atoms with E-state index in [1.165, 1.54) is 0 Å². The Kier molecular flexibility index (Phi) is 6.19. The summed E-state index contributed by atoms with van der Waals surface area (Å²) in [6, 6.07) is 12.1. The molecule has 0 N–H and O–H groups in total. The maximum absolute atomic E-state index is 12.0. The molecule has 1 unspecified atom stereocenters. The molecule has 6 heteroatoms. The Labute approximate surface area is 156 Å². The molecule has 2 aromatic rings. The van der Waals surface area contributed by atoms with E-state index >= 15 is 0 Å². The van der Waals surface area contributed by atoms with Gasteiger partial charge in [0.1, 0.15) is 19.0 Å². The van der Waals surface area contributed by atoms with Crippen molar-refractivity contribution >= 4 is 29.2 Å². The molecule has 2 aromatic carbocycles. The van der Waals surface area contributed by atoms with Gasteiger partial charge in [0, 0.05) is 17.7 Å². The van der Waals surface area contributed by atoms with E-state index in [1.807, 2.05) is 12.1 Å². The van der Waals surface area contributed by atoms with Crippen LogP contribution < -0.4 is 4.74 Å². The van der Waals surface area contributed by atoms with Gasteiger partial charge in [0.25, 0.3) is 0 Å². The molecule has 1 saturated heterocycles. The van der Waals surface area contributed by atoms with Crippen molar-refractivity contribution in [3.63, 3.8) is 0 Å². The molecule has 0 radical (unpaired) electrons. The molecule has 3 rings (SSSR count). The molecule has 1 heterocycles. The van der Waals surface area contributed by atoms with Crippen LogP contribution in [0.25, 0.3) is 0 Å². The van der Waals surface area contributed by atoms with E-state index in [0.29, 0.717) is 34.6 Å². The number of hydrogen-bond acceptors (Lipinski definition) is 4. The number of ether oxygens (including phenoxy) is 3. The molecule has 0 saturated carbocycles. The zero-order chi connectivity index (χ0) is 17.6. The highest BCUT2D eigenvalue weighted by Crippen LogP contribution is 2.28. The van der Waals surface area contributed by atoms with Gasteiger partial charge in [0.05, 0.1) is 16.7 Å². The molecule has 0 aliphatic carbocycles. The molecule has 0 spiro atoms. The summed E-state index contributed by atoms with van der Waals surface area (Å²) >= 11 is 12.0. The van der Waals surface area contributed by atoms with Crippen molar-refractivity contribution in [3.8, 4) is 5.75 Å². The molecule has 0 bridgehead atoms. The molecule has 1 aliphatic rings. The second kappa shape index (κ2) is 8.56. The van der Waals surface area contributed by atoms with E-state index in [0.717, 1.165) is 25.0 Å². The van der Waals surface area contributed by atoms with Crippen molar-refractivity contribution in [2.24, 2.45) is 0 Å². The van der Waals surface area contributed by atoms with Crippen molar-refractivity contribution in [2.45, 2.75) is 25.6 Å². The molecular weight excluding hydrogens is 363 g/mol. The number of hydrogen-bond donors (Lipinski definition) is 0. The maximum atomic E-state index is 12.0. The SMILES string of the molecule is O=C(OCC1CCCO1)c1ccc(COc2cc(Cl)ccc2Cl)cc1.